The molecule has 0 spiro atoms. The van der Waals surface area contributed by atoms with Gasteiger partial charge in [-0.2, -0.15) is 0 Å². The summed E-state index contributed by atoms with van der Waals surface area (Å²) in [6.45, 7) is 2.11. The number of ether oxygens (including phenoxy) is 2. The average Bonchev–Trinajstić information content (AvgIpc) is 3.51. The lowest BCUT2D eigenvalue weighted by Crippen LogP contribution is -1.99. The van der Waals surface area contributed by atoms with Crippen LogP contribution in [0.25, 0.3) is 34.4 Å². The second kappa shape index (κ2) is 9.00. The Kier molecular flexibility index (Phi) is 5.59. The molecule has 0 aliphatic carbocycles. The van der Waals surface area contributed by atoms with Gasteiger partial charge < -0.3 is 18.3 Å². The maximum Gasteiger partial charge on any atom is 0.251 e. The van der Waals surface area contributed by atoms with Crippen LogP contribution in [0.5, 0.6) is 11.5 Å². The number of hydrogen-bond acceptors (Lipinski definition) is 7. The van der Waals surface area contributed by atoms with Gasteiger partial charge in [-0.1, -0.05) is 30.3 Å². The fourth-order valence-corrected chi connectivity index (χ4v) is 3.36. The van der Waals surface area contributed by atoms with Crippen LogP contribution in [-0.4, -0.2) is 22.3 Å². The summed E-state index contributed by atoms with van der Waals surface area (Å²) in [7, 11) is 1.63. The highest BCUT2D eigenvalue weighted by atomic mass is 16.5. The van der Waals surface area contributed by atoms with Crippen LogP contribution in [0, 0.1) is 6.92 Å². The maximum absolute atomic E-state index is 6.09. The molecule has 3 aromatic carbocycles. The van der Waals surface area contributed by atoms with Gasteiger partial charge in [0.25, 0.3) is 5.89 Å². The monoisotopic (exact) mass is 439 g/mol. The quantitative estimate of drug-likeness (QED) is 0.310. The third kappa shape index (κ3) is 4.34. The van der Waals surface area contributed by atoms with E-state index in [4.69, 9.17) is 18.3 Å². The zero-order valence-corrected chi connectivity index (χ0v) is 18.2. The summed E-state index contributed by atoms with van der Waals surface area (Å²) in [4.78, 5) is 4.61. The number of nitrogens with zero attached hydrogens (tertiary/aromatic N) is 3. The van der Waals surface area contributed by atoms with E-state index in [2.05, 4.69) is 15.2 Å². The number of aryl methyl sites for hydroxylation is 1. The number of rotatable bonds is 7. The van der Waals surface area contributed by atoms with Gasteiger partial charge in [0, 0.05) is 11.1 Å². The minimum atomic E-state index is 0.238. The molecule has 0 saturated carbocycles. The van der Waals surface area contributed by atoms with Crippen LogP contribution in [0.2, 0.25) is 0 Å². The molecule has 2 aromatic heterocycles. The molecular weight excluding hydrogens is 418 g/mol. The van der Waals surface area contributed by atoms with Crippen molar-refractivity contribution in [3.05, 3.63) is 90.3 Å². The maximum atomic E-state index is 6.09. The lowest BCUT2D eigenvalue weighted by Gasteiger charge is -2.08. The van der Waals surface area contributed by atoms with Crippen LogP contribution in [0.4, 0.5) is 0 Å². The van der Waals surface area contributed by atoms with E-state index < -0.39 is 0 Å². The molecule has 33 heavy (non-hydrogen) atoms. The lowest BCUT2D eigenvalue weighted by atomic mass is 10.2. The highest BCUT2D eigenvalue weighted by Crippen LogP contribution is 2.32. The molecule has 0 fully saturated rings. The van der Waals surface area contributed by atoms with E-state index >= 15 is 0 Å². The Morgan fingerprint density at radius 2 is 1.42 bits per heavy atom. The van der Waals surface area contributed by atoms with Gasteiger partial charge in [0.15, 0.2) is 0 Å². The summed E-state index contributed by atoms with van der Waals surface area (Å²) in [6, 6.07) is 24.7. The Balaban J connectivity index is 1.35. The first-order chi connectivity index (χ1) is 16.2. The molecule has 0 aliphatic heterocycles. The van der Waals surface area contributed by atoms with E-state index in [-0.39, 0.29) is 6.61 Å². The number of para-hydroxylation sites is 1. The predicted octanol–water partition coefficient (Wildman–Crippen LogP) is 5.95. The smallest absolute Gasteiger partial charge is 0.251 e. The highest BCUT2D eigenvalue weighted by molar-refractivity contribution is 5.64. The topological polar surface area (TPSA) is 83.4 Å². The van der Waals surface area contributed by atoms with Gasteiger partial charge in [-0.05, 0) is 55.5 Å². The molecule has 0 atom stereocenters. The van der Waals surface area contributed by atoms with Crippen molar-refractivity contribution in [3.63, 3.8) is 0 Å². The second-order valence-corrected chi connectivity index (χ2v) is 7.31. The van der Waals surface area contributed by atoms with E-state index in [9.17, 15) is 0 Å². The standard InChI is InChI=1S/C26H21N3O4/c1-17-22(27-24(32-17)19-12-14-20(30-2)15-13-19)16-31-23-11-7-6-10-21(23)26-29-28-25(33-26)18-8-4-3-5-9-18/h3-15H,16H2,1-2H3. The SMILES string of the molecule is COc1ccc(-c2nc(COc3ccccc3-c3nnc(-c4ccccc4)o3)c(C)o2)cc1. The second-order valence-electron chi connectivity index (χ2n) is 7.31. The van der Waals surface area contributed by atoms with Gasteiger partial charge in [-0.25, -0.2) is 4.98 Å². The zero-order chi connectivity index (χ0) is 22.6. The molecule has 5 rings (SSSR count). The number of hydrogen-bond donors (Lipinski definition) is 0. The van der Waals surface area contributed by atoms with Gasteiger partial charge in [0.2, 0.25) is 11.8 Å². The van der Waals surface area contributed by atoms with Crippen LogP contribution in [0.1, 0.15) is 11.5 Å². The molecule has 0 aliphatic rings. The Labute approximate surface area is 190 Å². The van der Waals surface area contributed by atoms with Crippen LogP contribution in [0.3, 0.4) is 0 Å². The first-order valence-corrected chi connectivity index (χ1v) is 10.4. The van der Waals surface area contributed by atoms with Crippen molar-refractivity contribution < 1.29 is 18.3 Å². The fourth-order valence-electron chi connectivity index (χ4n) is 3.36. The van der Waals surface area contributed by atoms with Crippen molar-refractivity contribution in [1.82, 2.24) is 15.2 Å². The molecule has 0 amide bonds. The number of oxazole rings is 1. The average molecular weight is 439 g/mol. The molecular formula is C26H21N3O4. The predicted molar refractivity (Wildman–Crippen MR) is 123 cm³/mol. The minimum absolute atomic E-state index is 0.238. The highest BCUT2D eigenvalue weighted by Gasteiger charge is 2.17. The van der Waals surface area contributed by atoms with Crippen molar-refractivity contribution >= 4 is 0 Å². The first kappa shape index (κ1) is 20.5. The van der Waals surface area contributed by atoms with Crippen molar-refractivity contribution in [2.75, 3.05) is 7.11 Å². The molecule has 0 bridgehead atoms. The van der Waals surface area contributed by atoms with Crippen LogP contribution in [0.15, 0.2) is 87.7 Å². The molecule has 2 heterocycles. The van der Waals surface area contributed by atoms with Crippen molar-refractivity contribution in [2.24, 2.45) is 0 Å². The molecule has 0 saturated heterocycles. The largest absolute Gasteiger partial charge is 0.497 e. The number of methoxy groups -OCH3 is 1. The van der Waals surface area contributed by atoms with Gasteiger partial charge >= 0.3 is 0 Å². The molecule has 0 unspecified atom stereocenters. The van der Waals surface area contributed by atoms with E-state index in [1.807, 2.05) is 85.8 Å². The summed E-state index contributed by atoms with van der Waals surface area (Å²) >= 11 is 0. The normalized spacial score (nSPS) is 10.8. The third-order valence-corrected chi connectivity index (χ3v) is 5.16. The number of benzene rings is 3. The molecule has 164 valence electrons. The summed E-state index contributed by atoms with van der Waals surface area (Å²) in [6.07, 6.45) is 0. The molecule has 5 aromatic rings. The fraction of sp³-hybridized carbons (Fsp3) is 0.115. The first-order valence-electron chi connectivity index (χ1n) is 10.4. The summed E-state index contributed by atoms with van der Waals surface area (Å²) in [5.41, 5.74) is 3.15. The molecule has 0 radical (unpaired) electrons. The zero-order valence-electron chi connectivity index (χ0n) is 18.2. The molecule has 7 heteroatoms. The van der Waals surface area contributed by atoms with Gasteiger partial charge in [0.05, 0.1) is 12.7 Å². The van der Waals surface area contributed by atoms with E-state index in [1.165, 1.54) is 0 Å². The van der Waals surface area contributed by atoms with E-state index in [0.29, 0.717) is 40.4 Å². The van der Waals surface area contributed by atoms with Crippen LogP contribution >= 0.6 is 0 Å². The third-order valence-electron chi connectivity index (χ3n) is 5.16. The van der Waals surface area contributed by atoms with Crippen molar-refractivity contribution in [2.45, 2.75) is 13.5 Å². The minimum Gasteiger partial charge on any atom is -0.497 e. The van der Waals surface area contributed by atoms with Crippen LogP contribution < -0.4 is 9.47 Å². The van der Waals surface area contributed by atoms with Gasteiger partial charge in [-0.15, -0.1) is 10.2 Å². The Hall–Kier alpha value is -4.39. The van der Waals surface area contributed by atoms with E-state index in [1.54, 1.807) is 7.11 Å². The van der Waals surface area contributed by atoms with Crippen molar-refractivity contribution in [1.29, 1.82) is 0 Å². The van der Waals surface area contributed by atoms with Gasteiger partial charge in [-0.3, -0.25) is 0 Å². The number of aromatic nitrogens is 3. The lowest BCUT2D eigenvalue weighted by molar-refractivity contribution is 0.300. The summed E-state index contributed by atoms with van der Waals surface area (Å²) < 4.78 is 23.1. The summed E-state index contributed by atoms with van der Waals surface area (Å²) in [5.74, 6) is 3.47. The molecule has 0 N–H and O–H groups in total. The van der Waals surface area contributed by atoms with Crippen molar-refractivity contribution in [3.8, 4) is 45.9 Å². The summed E-state index contributed by atoms with van der Waals surface area (Å²) in [5, 5.41) is 8.39. The Bertz CT molecular complexity index is 1360. The Morgan fingerprint density at radius 3 is 2.21 bits per heavy atom. The Morgan fingerprint density at radius 1 is 0.727 bits per heavy atom. The van der Waals surface area contributed by atoms with Gasteiger partial charge in [0.1, 0.15) is 29.6 Å². The van der Waals surface area contributed by atoms with E-state index in [0.717, 1.165) is 16.9 Å². The van der Waals surface area contributed by atoms with Crippen LogP contribution in [-0.2, 0) is 6.61 Å². The molecule has 7 nitrogen and oxygen atoms in total.